The van der Waals surface area contributed by atoms with Crippen LogP contribution in [0.2, 0.25) is 0 Å². The molecule has 0 saturated carbocycles. The van der Waals surface area contributed by atoms with E-state index in [1.807, 2.05) is 19.1 Å². The Morgan fingerprint density at radius 3 is 2.09 bits per heavy atom. The van der Waals surface area contributed by atoms with E-state index in [9.17, 15) is 14.4 Å². The van der Waals surface area contributed by atoms with E-state index in [0.717, 1.165) is 5.56 Å². The summed E-state index contributed by atoms with van der Waals surface area (Å²) in [5.41, 5.74) is 2.20. The lowest BCUT2D eigenvalue weighted by Gasteiger charge is -2.09. The fourth-order valence-electron chi connectivity index (χ4n) is 1.89. The second kappa shape index (κ2) is 7.22. The van der Waals surface area contributed by atoms with Crippen LogP contribution in [-0.2, 0) is 14.3 Å². The molecule has 2 aromatic carbocycles. The molecule has 0 fully saturated rings. The van der Waals surface area contributed by atoms with Gasteiger partial charge in [0.25, 0.3) is 0 Å². The number of anilines is 2. The predicted molar refractivity (Wildman–Crippen MR) is 86.2 cm³/mol. The number of rotatable bonds is 3. The molecule has 0 aliphatic rings. The van der Waals surface area contributed by atoms with E-state index in [1.54, 1.807) is 12.1 Å². The maximum absolute atomic E-state index is 11.9. The van der Waals surface area contributed by atoms with Gasteiger partial charge in [0.05, 0.1) is 12.7 Å². The molecule has 0 saturated heterocycles. The fourth-order valence-corrected chi connectivity index (χ4v) is 1.89. The quantitative estimate of drug-likeness (QED) is 0.673. The molecule has 0 spiro atoms. The van der Waals surface area contributed by atoms with Crippen molar-refractivity contribution in [1.29, 1.82) is 0 Å². The number of aryl methyl sites for hydroxylation is 1. The van der Waals surface area contributed by atoms with Crippen molar-refractivity contribution in [1.82, 2.24) is 0 Å². The first kappa shape index (κ1) is 16.2. The Kier molecular flexibility index (Phi) is 5.09. The van der Waals surface area contributed by atoms with Gasteiger partial charge in [0, 0.05) is 11.4 Å². The van der Waals surface area contributed by atoms with Crippen molar-refractivity contribution in [3.8, 4) is 0 Å². The lowest BCUT2D eigenvalue weighted by Crippen LogP contribution is -2.29. The van der Waals surface area contributed by atoms with Crippen LogP contribution in [-0.4, -0.2) is 24.9 Å². The molecule has 6 nitrogen and oxygen atoms in total. The minimum atomic E-state index is -0.793. The molecule has 2 amide bonds. The Morgan fingerprint density at radius 1 is 0.870 bits per heavy atom. The Bertz CT molecular complexity index is 739. The van der Waals surface area contributed by atoms with Crippen molar-refractivity contribution in [3.05, 3.63) is 59.7 Å². The van der Waals surface area contributed by atoms with Crippen molar-refractivity contribution in [2.45, 2.75) is 6.92 Å². The second-order valence-electron chi connectivity index (χ2n) is 4.79. The predicted octanol–water partition coefficient (Wildman–Crippen LogP) is 2.36. The van der Waals surface area contributed by atoms with Gasteiger partial charge in [-0.2, -0.15) is 0 Å². The number of methoxy groups -OCH3 is 1. The van der Waals surface area contributed by atoms with Crippen LogP contribution in [0.25, 0.3) is 0 Å². The first-order valence-electron chi connectivity index (χ1n) is 6.87. The highest BCUT2D eigenvalue weighted by Gasteiger charge is 2.15. The van der Waals surface area contributed by atoms with Crippen LogP contribution in [0.5, 0.6) is 0 Å². The summed E-state index contributed by atoms with van der Waals surface area (Å²) < 4.78 is 4.58. The second-order valence-corrected chi connectivity index (χ2v) is 4.79. The maximum atomic E-state index is 11.9. The van der Waals surface area contributed by atoms with Gasteiger partial charge in [0.2, 0.25) is 0 Å². The highest BCUT2D eigenvalue weighted by molar-refractivity contribution is 6.43. The third-order valence-corrected chi connectivity index (χ3v) is 3.16. The summed E-state index contributed by atoms with van der Waals surface area (Å²) in [4.78, 5) is 35.1. The Hall–Kier alpha value is -3.15. The Balaban J connectivity index is 2.00. The summed E-state index contributed by atoms with van der Waals surface area (Å²) >= 11 is 0. The molecule has 0 unspecified atom stereocenters. The van der Waals surface area contributed by atoms with E-state index < -0.39 is 17.8 Å². The van der Waals surface area contributed by atoms with Crippen LogP contribution in [0, 0.1) is 6.92 Å². The minimum absolute atomic E-state index is 0.356. The number of carbonyl (C=O) groups is 3. The minimum Gasteiger partial charge on any atom is -0.465 e. The van der Waals surface area contributed by atoms with Crippen molar-refractivity contribution in [2.24, 2.45) is 0 Å². The Labute approximate surface area is 133 Å². The molecule has 0 heterocycles. The summed E-state index contributed by atoms with van der Waals surface area (Å²) in [6.07, 6.45) is 0. The van der Waals surface area contributed by atoms with Gasteiger partial charge in [0.15, 0.2) is 0 Å². The van der Waals surface area contributed by atoms with Crippen molar-refractivity contribution in [2.75, 3.05) is 17.7 Å². The normalized spacial score (nSPS) is 9.83. The van der Waals surface area contributed by atoms with E-state index in [2.05, 4.69) is 15.4 Å². The van der Waals surface area contributed by atoms with E-state index in [4.69, 9.17) is 0 Å². The molecule has 23 heavy (non-hydrogen) atoms. The fraction of sp³-hybridized carbons (Fsp3) is 0.118. The number of nitrogens with one attached hydrogen (secondary N) is 2. The highest BCUT2D eigenvalue weighted by atomic mass is 16.5. The van der Waals surface area contributed by atoms with Gasteiger partial charge in [-0.3, -0.25) is 9.59 Å². The molecule has 0 bridgehead atoms. The largest absolute Gasteiger partial charge is 0.465 e. The Morgan fingerprint density at radius 2 is 1.48 bits per heavy atom. The summed E-state index contributed by atoms with van der Waals surface area (Å²) in [7, 11) is 1.29. The standard InChI is InChI=1S/C17H16N2O4/c1-11-5-3-4-6-14(11)19-16(21)15(20)18-13-9-7-12(8-10-13)17(22)23-2/h3-10H,1-2H3,(H,18,20)(H,19,21). The van der Waals surface area contributed by atoms with E-state index >= 15 is 0 Å². The molecule has 6 heteroatoms. The first-order chi connectivity index (χ1) is 11.0. The molecule has 0 radical (unpaired) electrons. The van der Waals surface area contributed by atoms with Gasteiger partial charge in [-0.25, -0.2) is 4.79 Å². The molecule has 118 valence electrons. The van der Waals surface area contributed by atoms with Crippen molar-refractivity contribution >= 4 is 29.2 Å². The summed E-state index contributed by atoms with van der Waals surface area (Å²) in [5, 5.41) is 5.01. The van der Waals surface area contributed by atoms with Gasteiger partial charge >= 0.3 is 17.8 Å². The van der Waals surface area contributed by atoms with E-state index in [1.165, 1.54) is 31.4 Å². The molecule has 0 aliphatic carbocycles. The average Bonchev–Trinajstić information content (AvgIpc) is 2.56. The topological polar surface area (TPSA) is 84.5 Å². The average molecular weight is 312 g/mol. The van der Waals surface area contributed by atoms with Gasteiger partial charge in [-0.05, 0) is 42.8 Å². The molecule has 2 rings (SSSR count). The molecule has 0 atom stereocenters. The molecular weight excluding hydrogens is 296 g/mol. The third kappa shape index (κ3) is 4.16. The van der Waals surface area contributed by atoms with Crippen LogP contribution in [0.4, 0.5) is 11.4 Å². The van der Waals surface area contributed by atoms with Gasteiger partial charge in [-0.15, -0.1) is 0 Å². The van der Waals surface area contributed by atoms with E-state index in [-0.39, 0.29) is 0 Å². The summed E-state index contributed by atoms with van der Waals surface area (Å²) in [5.74, 6) is -2.03. The monoisotopic (exact) mass is 312 g/mol. The zero-order valence-corrected chi connectivity index (χ0v) is 12.8. The number of amides is 2. The SMILES string of the molecule is COC(=O)c1ccc(NC(=O)C(=O)Nc2ccccc2C)cc1. The highest BCUT2D eigenvalue weighted by Crippen LogP contribution is 2.14. The molecule has 0 aliphatic heterocycles. The maximum Gasteiger partial charge on any atom is 0.337 e. The zero-order valence-electron chi connectivity index (χ0n) is 12.8. The molecule has 2 aromatic rings. The van der Waals surface area contributed by atoms with E-state index in [0.29, 0.717) is 16.9 Å². The number of carbonyl (C=O) groups excluding carboxylic acids is 3. The lowest BCUT2D eigenvalue weighted by atomic mass is 10.2. The summed E-state index contributed by atoms with van der Waals surface area (Å²) in [6.45, 7) is 1.83. The zero-order chi connectivity index (χ0) is 16.8. The number of ether oxygens (including phenoxy) is 1. The third-order valence-electron chi connectivity index (χ3n) is 3.16. The van der Waals surface area contributed by atoms with Crippen LogP contribution < -0.4 is 10.6 Å². The van der Waals surface area contributed by atoms with Crippen molar-refractivity contribution in [3.63, 3.8) is 0 Å². The molecule has 2 N–H and O–H groups in total. The van der Waals surface area contributed by atoms with Crippen molar-refractivity contribution < 1.29 is 19.1 Å². The summed E-state index contributed by atoms with van der Waals surface area (Å²) in [6, 6.07) is 13.2. The number of para-hydroxylation sites is 1. The molecule has 0 aromatic heterocycles. The van der Waals surface area contributed by atoms with Crippen LogP contribution in [0.1, 0.15) is 15.9 Å². The first-order valence-corrected chi connectivity index (χ1v) is 6.87. The lowest BCUT2D eigenvalue weighted by molar-refractivity contribution is -0.133. The van der Waals surface area contributed by atoms with Gasteiger partial charge < -0.3 is 15.4 Å². The number of esters is 1. The smallest absolute Gasteiger partial charge is 0.337 e. The number of hydrogen-bond acceptors (Lipinski definition) is 4. The van der Waals surface area contributed by atoms with Gasteiger partial charge in [-0.1, -0.05) is 18.2 Å². The number of hydrogen-bond donors (Lipinski definition) is 2. The number of benzene rings is 2. The molecular formula is C17H16N2O4. The van der Waals surface area contributed by atoms with Crippen LogP contribution >= 0.6 is 0 Å². The van der Waals surface area contributed by atoms with Crippen LogP contribution in [0.3, 0.4) is 0 Å². The van der Waals surface area contributed by atoms with Crippen LogP contribution in [0.15, 0.2) is 48.5 Å². The van der Waals surface area contributed by atoms with Gasteiger partial charge in [0.1, 0.15) is 0 Å².